The Morgan fingerprint density at radius 2 is 1.93 bits per heavy atom. The molecule has 0 amide bonds. The third kappa shape index (κ3) is 3.74. The van der Waals surface area contributed by atoms with E-state index in [0.717, 1.165) is 37.5 Å². The second-order valence-corrected chi connectivity index (χ2v) is 9.46. The van der Waals surface area contributed by atoms with Gasteiger partial charge in [-0.05, 0) is 80.2 Å². The van der Waals surface area contributed by atoms with Gasteiger partial charge < -0.3 is 19.5 Å². The van der Waals surface area contributed by atoms with Gasteiger partial charge in [-0.15, -0.1) is 0 Å². The maximum atomic E-state index is 11.8. The van der Waals surface area contributed by atoms with Crippen molar-refractivity contribution in [3.63, 3.8) is 0 Å². The average Bonchev–Trinajstić information content (AvgIpc) is 3.26. The largest absolute Gasteiger partial charge is 0.511 e. The summed E-state index contributed by atoms with van der Waals surface area (Å²) in [6.45, 7) is 1.49. The number of rotatable bonds is 5. The summed E-state index contributed by atoms with van der Waals surface area (Å²) in [5.41, 5.74) is 3.26. The molecule has 2 saturated carbocycles. The summed E-state index contributed by atoms with van der Waals surface area (Å²) in [5, 5.41) is 3.78. The molecule has 0 radical (unpaired) electrons. The second-order valence-electron chi connectivity index (χ2n) is 9.46. The van der Waals surface area contributed by atoms with E-state index in [1.54, 1.807) is 0 Å². The molecule has 0 spiro atoms. The highest BCUT2D eigenvalue weighted by Gasteiger charge is 2.51. The summed E-state index contributed by atoms with van der Waals surface area (Å²) in [6.07, 6.45) is 11.8. The molecule has 2 bridgehead atoms. The molecule has 29 heavy (non-hydrogen) atoms. The number of carbonyl (C=O) groups excluding carboxylic acids is 1. The summed E-state index contributed by atoms with van der Waals surface area (Å²) in [7, 11) is 0. The SMILES string of the molecule is O=C(OCOc1ccc2c(c1)[C@@]13CCCC[C@@H]1[C@H](C2)NCC3)OCC1CCCC1. The minimum absolute atomic E-state index is 0.0943. The van der Waals surface area contributed by atoms with E-state index in [0.29, 0.717) is 24.0 Å². The Morgan fingerprint density at radius 3 is 2.83 bits per heavy atom. The smallest absolute Gasteiger partial charge is 0.457 e. The molecule has 1 aliphatic heterocycles. The molecule has 3 atom stereocenters. The summed E-state index contributed by atoms with van der Waals surface area (Å²) in [6, 6.07) is 7.08. The minimum atomic E-state index is -0.623. The Kier molecular flexibility index (Phi) is 5.42. The summed E-state index contributed by atoms with van der Waals surface area (Å²) < 4.78 is 16.2. The van der Waals surface area contributed by atoms with E-state index >= 15 is 0 Å². The molecule has 1 N–H and O–H groups in total. The van der Waals surface area contributed by atoms with E-state index in [2.05, 4.69) is 17.4 Å². The van der Waals surface area contributed by atoms with E-state index in [9.17, 15) is 4.79 Å². The van der Waals surface area contributed by atoms with Gasteiger partial charge in [-0.2, -0.15) is 0 Å². The van der Waals surface area contributed by atoms with E-state index < -0.39 is 6.16 Å². The average molecular weight is 400 g/mol. The molecule has 1 heterocycles. The fraction of sp³-hybridized carbons (Fsp3) is 0.708. The normalized spacial score (nSPS) is 30.9. The third-order valence-electron chi connectivity index (χ3n) is 7.93. The molecular formula is C24H33NO4. The molecule has 3 fully saturated rings. The van der Waals surface area contributed by atoms with Gasteiger partial charge in [0.15, 0.2) is 0 Å². The number of hydrogen-bond donors (Lipinski definition) is 1. The van der Waals surface area contributed by atoms with E-state index in [-0.39, 0.29) is 6.79 Å². The Morgan fingerprint density at radius 1 is 1.07 bits per heavy atom. The number of benzene rings is 1. The molecule has 158 valence electrons. The van der Waals surface area contributed by atoms with Crippen molar-refractivity contribution in [3.8, 4) is 5.75 Å². The number of fused-ring (bicyclic) bond motifs is 1. The maximum absolute atomic E-state index is 11.8. The lowest BCUT2D eigenvalue weighted by Gasteiger charge is -2.56. The highest BCUT2D eigenvalue weighted by atomic mass is 16.8. The number of carbonyl (C=O) groups is 1. The number of nitrogens with one attached hydrogen (secondary N) is 1. The van der Waals surface area contributed by atoms with Crippen LogP contribution in [0.1, 0.15) is 68.9 Å². The first kappa shape index (κ1) is 19.2. The molecular weight excluding hydrogens is 366 g/mol. The van der Waals surface area contributed by atoms with Crippen molar-refractivity contribution in [3.05, 3.63) is 29.3 Å². The molecule has 5 nitrogen and oxygen atoms in total. The second kappa shape index (κ2) is 8.17. The summed E-state index contributed by atoms with van der Waals surface area (Å²) >= 11 is 0. The highest BCUT2D eigenvalue weighted by molar-refractivity contribution is 5.59. The van der Waals surface area contributed by atoms with Crippen molar-refractivity contribution in [2.45, 2.75) is 75.7 Å². The topological polar surface area (TPSA) is 56.8 Å². The summed E-state index contributed by atoms with van der Waals surface area (Å²) in [4.78, 5) is 11.8. The first-order valence-electron chi connectivity index (χ1n) is 11.5. The molecule has 1 aromatic rings. The first-order valence-corrected chi connectivity index (χ1v) is 11.5. The van der Waals surface area contributed by atoms with Crippen LogP contribution in [0.15, 0.2) is 18.2 Å². The Balaban J connectivity index is 1.21. The molecule has 0 aromatic heterocycles. The van der Waals surface area contributed by atoms with Crippen molar-refractivity contribution < 1.29 is 19.0 Å². The van der Waals surface area contributed by atoms with Crippen LogP contribution in [0.4, 0.5) is 4.79 Å². The van der Waals surface area contributed by atoms with Crippen LogP contribution in [0.5, 0.6) is 5.75 Å². The van der Waals surface area contributed by atoms with Crippen LogP contribution in [0, 0.1) is 11.8 Å². The monoisotopic (exact) mass is 399 g/mol. The minimum Gasteiger partial charge on any atom is -0.457 e. The van der Waals surface area contributed by atoms with Crippen molar-refractivity contribution in [1.82, 2.24) is 5.32 Å². The number of ether oxygens (including phenoxy) is 3. The fourth-order valence-electron chi connectivity index (χ4n) is 6.54. The standard InChI is InChI=1S/C24H33NO4/c26-23(27-15-17-5-1-2-6-17)29-16-28-19-9-8-18-13-22-20-7-3-4-10-24(20,11-12-25-22)21(18)14-19/h8-9,14,17,20,22,25H,1-7,10-13,15-16H2/t20-,22+,24-/m1/s1. The van der Waals surface area contributed by atoms with Crippen LogP contribution in [-0.2, 0) is 21.3 Å². The fourth-order valence-corrected chi connectivity index (χ4v) is 6.54. The number of hydrogen-bond acceptors (Lipinski definition) is 5. The van der Waals surface area contributed by atoms with Crippen LogP contribution in [-0.4, -0.2) is 32.1 Å². The van der Waals surface area contributed by atoms with Crippen LogP contribution >= 0.6 is 0 Å². The van der Waals surface area contributed by atoms with Gasteiger partial charge in [0.1, 0.15) is 5.75 Å². The Bertz CT molecular complexity index is 740. The lowest BCUT2D eigenvalue weighted by Crippen LogP contribution is -2.59. The Labute approximate surface area is 173 Å². The number of piperidine rings is 1. The van der Waals surface area contributed by atoms with Gasteiger partial charge in [0.25, 0.3) is 0 Å². The van der Waals surface area contributed by atoms with Gasteiger partial charge in [-0.1, -0.05) is 31.7 Å². The molecule has 1 aromatic carbocycles. The molecule has 5 heteroatoms. The van der Waals surface area contributed by atoms with E-state index in [1.165, 1.54) is 56.1 Å². The van der Waals surface area contributed by atoms with Crippen molar-refractivity contribution in [2.24, 2.45) is 11.8 Å². The van der Waals surface area contributed by atoms with Gasteiger partial charge in [0, 0.05) is 11.5 Å². The zero-order valence-corrected chi connectivity index (χ0v) is 17.3. The van der Waals surface area contributed by atoms with Gasteiger partial charge in [0.2, 0.25) is 6.79 Å². The van der Waals surface area contributed by atoms with Gasteiger partial charge >= 0.3 is 6.16 Å². The molecule has 4 aliphatic rings. The third-order valence-corrected chi connectivity index (χ3v) is 7.93. The van der Waals surface area contributed by atoms with Crippen LogP contribution in [0.3, 0.4) is 0 Å². The quantitative estimate of drug-likeness (QED) is 0.574. The lowest BCUT2D eigenvalue weighted by molar-refractivity contribution is -0.00134. The summed E-state index contributed by atoms with van der Waals surface area (Å²) in [5.74, 6) is 2.04. The van der Waals surface area contributed by atoms with Crippen LogP contribution in [0.2, 0.25) is 0 Å². The Hall–Kier alpha value is -1.75. The zero-order valence-electron chi connectivity index (χ0n) is 17.3. The lowest BCUT2D eigenvalue weighted by atomic mass is 9.53. The van der Waals surface area contributed by atoms with Crippen LogP contribution < -0.4 is 10.1 Å². The molecule has 5 rings (SSSR count). The molecule has 3 aliphatic carbocycles. The first-order chi connectivity index (χ1) is 14.2. The van der Waals surface area contributed by atoms with Crippen molar-refractivity contribution in [2.75, 3.05) is 19.9 Å². The van der Waals surface area contributed by atoms with Crippen molar-refractivity contribution >= 4 is 6.16 Å². The predicted octanol–water partition coefficient (Wildman–Crippen LogP) is 4.71. The van der Waals surface area contributed by atoms with Gasteiger partial charge in [-0.3, -0.25) is 0 Å². The van der Waals surface area contributed by atoms with E-state index in [1.807, 2.05) is 6.07 Å². The van der Waals surface area contributed by atoms with Crippen molar-refractivity contribution in [1.29, 1.82) is 0 Å². The highest BCUT2D eigenvalue weighted by Crippen LogP contribution is 2.54. The zero-order chi connectivity index (χ0) is 19.7. The van der Waals surface area contributed by atoms with Gasteiger partial charge in [0.05, 0.1) is 6.61 Å². The van der Waals surface area contributed by atoms with Gasteiger partial charge in [-0.25, -0.2) is 4.79 Å². The van der Waals surface area contributed by atoms with Crippen LogP contribution in [0.25, 0.3) is 0 Å². The van der Waals surface area contributed by atoms with E-state index in [4.69, 9.17) is 14.2 Å². The molecule has 1 saturated heterocycles. The maximum Gasteiger partial charge on any atom is 0.511 e. The predicted molar refractivity (Wildman–Crippen MR) is 110 cm³/mol. The molecule has 0 unspecified atom stereocenters.